The first-order chi connectivity index (χ1) is 31.1. The number of nitrogens with zero attached hydrogens (tertiary/aromatic N) is 8. The number of carbonyl (C=O) groups is 3. The minimum absolute atomic E-state index is 0.0251. The van der Waals surface area contributed by atoms with E-state index < -0.39 is 0 Å². The van der Waals surface area contributed by atoms with Crippen molar-refractivity contribution in [2.45, 2.75) is 75.2 Å². The predicted octanol–water partition coefficient (Wildman–Crippen LogP) is 4.40. The van der Waals surface area contributed by atoms with Gasteiger partial charge < -0.3 is 49.7 Å². The van der Waals surface area contributed by atoms with E-state index in [2.05, 4.69) is 53.3 Å². The molecule has 0 unspecified atom stereocenters. The predicted molar refractivity (Wildman–Crippen MR) is 240 cm³/mol. The summed E-state index contributed by atoms with van der Waals surface area (Å²) in [4.78, 5) is 51.1. The lowest BCUT2D eigenvalue weighted by Crippen LogP contribution is -2.65. The van der Waals surface area contributed by atoms with E-state index in [1.807, 2.05) is 35.0 Å². The van der Waals surface area contributed by atoms with Gasteiger partial charge in [0.15, 0.2) is 5.82 Å². The summed E-state index contributed by atoms with van der Waals surface area (Å²) < 4.78 is 27.8. The molecule has 3 aromatic carbocycles. The lowest BCUT2D eigenvalue weighted by atomic mass is 10.0. The van der Waals surface area contributed by atoms with Gasteiger partial charge in [0.2, 0.25) is 11.8 Å². The quantitative estimate of drug-likeness (QED) is 0.213. The highest BCUT2D eigenvalue weighted by molar-refractivity contribution is 6.02. The number of phenolic OH excluding ortho intramolecular Hbond substituents is 1. The first kappa shape index (κ1) is 41.6. The standard InChI is InChI=1S/C47H55FN10O6/c1-53(30-11-16-54(17-12-30)39-6-4-7-40-37(39)15-20-57(40)41-9-10-44(60)50-46(41)61)47(62)55-18-13-34(14-19-55)64-35-22-29(48)21-31(23-35)58-32-25-56(26-33(58)28-63-27-32)42-24-38(51-52-45(42)49)36-5-2-3-8-43(36)59/h2-8,21-24,30,32-34,41,59H,9-20,25-28H2,1H3,(H2,49,52)(H,50,60,61)/t32-,33+,41-/m1/s1. The van der Waals surface area contributed by atoms with E-state index in [-0.39, 0.29) is 59.7 Å². The number of nitrogen functional groups attached to an aromatic ring is 1. The van der Waals surface area contributed by atoms with Crippen LogP contribution >= 0.6 is 0 Å². The van der Waals surface area contributed by atoms with Crippen molar-refractivity contribution < 1.29 is 33.4 Å². The summed E-state index contributed by atoms with van der Waals surface area (Å²) in [7, 11) is 1.91. The molecule has 4 amide bonds. The van der Waals surface area contributed by atoms with Gasteiger partial charge in [-0.2, -0.15) is 0 Å². The van der Waals surface area contributed by atoms with E-state index in [0.717, 1.165) is 56.0 Å². The van der Waals surface area contributed by atoms with Crippen LogP contribution in [-0.4, -0.2) is 139 Å². The van der Waals surface area contributed by atoms with Crippen LogP contribution in [0.5, 0.6) is 11.5 Å². The number of piperazine rings is 1. The second-order valence-electron chi connectivity index (χ2n) is 17.9. The molecule has 6 aliphatic heterocycles. The molecule has 336 valence electrons. The summed E-state index contributed by atoms with van der Waals surface area (Å²) in [5, 5.41) is 21.4. The highest BCUT2D eigenvalue weighted by atomic mass is 19.1. The minimum atomic E-state index is -0.380. The number of para-hydroxylation sites is 1. The SMILES string of the molecule is CN(C(=O)N1CCC(Oc2cc(F)cc(N3[C@@H]4COC[C@H]3CN(c3cc(-c5ccccc5O)nnc3N)C4)c2)CC1)C1CCN(c2cccc3c2CCN3[C@@H]2CCC(=O)NC2=O)CC1. The van der Waals surface area contributed by atoms with E-state index >= 15 is 4.39 Å². The fraction of sp³-hybridized carbons (Fsp3) is 0.468. The molecule has 2 bridgehead atoms. The van der Waals surface area contributed by atoms with Crippen LogP contribution in [0, 0.1) is 5.82 Å². The largest absolute Gasteiger partial charge is 0.507 e. The number of hydrogen-bond donors (Lipinski definition) is 3. The topological polar surface area (TPSA) is 173 Å². The molecule has 17 heteroatoms. The monoisotopic (exact) mass is 874 g/mol. The number of nitrogens with two attached hydrogens (primary N) is 1. The minimum Gasteiger partial charge on any atom is -0.507 e. The molecule has 0 radical (unpaired) electrons. The van der Waals surface area contributed by atoms with Crippen molar-refractivity contribution in [3.8, 4) is 22.8 Å². The Morgan fingerprint density at radius 3 is 2.36 bits per heavy atom. The number of likely N-dealkylation sites (tertiary alicyclic amines) is 1. The molecule has 4 aromatic rings. The Labute approximate surface area is 371 Å². The summed E-state index contributed by atoms with van der Waals surface area (Å²) in [5.74, 6) is 0.0751. The molecule has 7 heterocycles. The van der Waals surface area contributed by atoms with Gasteiger partial charge in [-0.15, -0.1) is 10.2 Å². The number of aromatic nitrogens is 2. The Balaban J connectivity index is 0.730. The first-order valence-electron chi connectivity index (χ1n) is 22.6. The molecule has 0 spiro atoms. The second-order valence-corrected chi connectivity index (χ2v) is 17.9. The van der Waals surface area contributed by atoms with E-state index in [1.165, 1.54) is 17.3 Å². The van der Waals surface area contributed by atoms with Crippen LogP contribution < -0.4 is 35.4 Å². The highest BCUT2D eigenvalue weighted by Gasteiger charge is 2.41. The number of anilines is 5. The number of aromatic hydroxyl groups is 1. The molecule has 0 aliphatic carbocycles. The first-order valence-corrected chi connectivity index (χ1v) is 22.6. The van der Waals surface area contributed by atoms with Crippen molar-refractivity contribution in [2.24, 2.45) is 0 Å². The van der Waals surface area contributed by atoms with Gasteiger partial charge in [-0.1, -0.05) is 18.2 Å². The molecule has 4 N–H and O–H groups in total. The van der Waals surface area contributed by atoms with E-state index in [0.29, 0.717) is 87.9 Å². The Hall–Kier alpha value is -6.36. The summed E-state index contributed by atoms with van der Waals surface area (Å²) in [6.07, 6.45) is 4.56. The summed E-state index contributed by atoms with van der Waals surface area (Å²) in [6, 6.07) is 19.7. The van der Waals surface area contributed by atoms with E-state index in [9.17, 15) is 19.5 Å². The van der Waals surface area contributed by atoms with Gasteiger partial charge in [0.05, 0.1) is 36.7 Å². The number of halogens is 1. The summed E-state index contributed by atoms with van der Waals surface area (Å²) in [5.41, 5.74) is 12.4. The molecule has 6 aliphatic rings. The van der Waals surface area contributed by atoms with Crippen molar-refractivity contribution in [1.82, 2.24) is 25.3 Å². The van der Waals surface area contributed by atoms with Gasteiger partial charge in [-0.05, 0) is 62.1 Å². The van der Waals surface area contributed by atoms with Crippen molar-refractivity contribution in [2.75, 3.05) is 91.4 Å². The van der Waals surface area contributed by atoms with Crippen molar-refractivity contribution in [3.05, 3.63) is 78.1 Å². The van der Waals surface area contributed by atoms with Gasteiger partial charge >= 0.3 is 6.03 Å². The molecule has 64 heavy (non-hydrogen) atoms. The lowest BCUT2D eigenvalue weighted by Gasteiger charge is -2.51. The Morgan fingerprint density at radius 1 is 0.859 bits per heavy atom. The number of imide groups is 1. The number of hydrogen-bond acceptors (Lipinski definition) is 13. The zero-order chi connectivity index (χ0) is 44.1. The van der Waals surface area contributed by atoms with Crippen LogP contribution in [0.25, 0.3) is 11.3 Å². The molecular formula is C47H55FN10O6. The van der Waals surface area contributed by atoms with Gasteiger partial charge in [0, 0.05) is 118 Å². The number of carbonyl (C=O) groups excluding carboxylic acids is 3. The number of phenols is 1. The number of benzene rings is 3. The number of piperidine rings is 3. The fourth-order valence-electron chi connectivity index (χ4n) is 10.8. The third-order valence-corrected chi connectivity index (χ3v) is 14.0. The lowest BCUT2D eigenvalue weighted by molar-refractivity contribution is -0.134. The van der Waals surface area contributed by atoms with Gasteiger partial charge in [0.25, 0.3) is 0 Å². The Morgan fingerprint density at radius 2 is 1.61 bits per heavy atom. The average molecular weight is 875 g/mol. The average Bonchev–Trinajstić information content (AvgIpc) is 3.73. The normalized spacial score (nSPS) is 23.0. The Bertz CT molecular complexity index is 2410. The number of rotatable bonds is 8. The molecule has 5 saturated heterocycles. The van der Waals surface area contributed by atoms with E-state index in [4.69, 9.17) is 15.2 Å². The van der Waals surface area contributed by atoms with Crippen LogP contribution in [0.3, 0.4) is 0 Å². The molecule has 5 fully saturated rings. The molecule has 0 saturated carbocycles. The number of ether oxygens (including phenoxy) is 2. The molecule has 1 aromatic heterocycles. The zero-order valence-electron chi connectivity index (χ0n) is 36.1. The van der Waals surface area contributed by atoms with Gasteiger partial charge in [-0.25, -0.2) is 9.18 Å². The van der Waals surface area contributed by atoms with Gasteiger partial charge in [0.1, 0.15) is 29.5 Å². The van der Waals surface area contributed by atoms with E-state index in [1.54, 1.807) is 24.3 Å². The Kier molecular flexibility index (Phi) is 11.3. The number of urea groups is 1. The van der Waals surface area contributed by atoms with Crippen LogP contribution in [0.15, 0.2) is 66.7 Å². The maximum atomic E-state index is 15.4. The summed E-state index contributed by atoms with van der Waals surface area (Å²) in [6.45, 7) is 5.52. The third-order valence-electron chi connectivity index (χ3n) is 14.0. The van der Waals surface area contributed by atoms with Crippen LogP contribution in [-0.2, 0) is 20.7 Å². The fourth-order valence-corrected chi connectivity index (χ4v) is 10.8. The van der Waals surface area contributed by atoms with Crippen LogP contribution in [0.4, 0.5) is 37.8 Å². The van der Waals surface area contributed by atoms with Crippen LogP contribution in [0.1, 0.15) is 44.1 Å². The number of morpholine rings is 1. The summed E-state index contributed by atoms with van der Waals surface area (Å²) >= 11 is 0. The molecule has 3 atom stereocenters. The molecule has 16 nitrogen and oxygen atoms in total. The molecule has 10 rings (SSSR count). The van der Waals surface area contributed by atoms with Crippen molar-refractivity contribution in [1.29, 1.82) is 0 Å². The van der Waals surface area contributed by atoms with Crippen molar-refractivity contribution >= 4 is 46.4 Å². The second kappa shape index (κ2) is 17.3. The van der Waals surface area contributed by atoms with Crippen LogP contribution in [0.2, 0.25) is 0 Å². The number of amides is 4. The van der Waals surface area contributed by atoms with Crippen molar-refractivity contribution in [3.63, 3.8) is 0 Å². The van der Waals surface area contributed by atoms with Gasteiger partial charge in [-0.3, -0.25) is 14.9 Å². The number of fused-ring (bicyclic) bond motifs is 3. The number of nitrogens with one attached hydrogen (secondary N) is 1. The highest BCUT2D eigenvalue weighted by Crippen LogP contribution is 2.40. The zero-order valence-corrected chi connectivity index (χ0v) is 36.1. The maximum absolute atomic E-state index is 15.4. The molecular weight excluding hydrogens is 820 g/mol. The third kappa shape index (κ3) is 8.05. The smallest absolute Gasteiger partial charge is 0.319 e. The maximum Gasteiger partial charge on any atom is 0.319 e.